The van der Waals surface area contributed by atoms with Gasteiger partial charge >= 0.3 is 7.12 Å². The largest absolute Gasteiger partial charge is 0.497 e. The maximum absolute atomic E-state index is 6.03. The second kappa shape index (κ2) is 4.94. The summed E-state index contributed by atoms with van der Waals surface area (Å²) in [7, 11) is 1.54. The lowest BCUT2D eigenvalue weighted by Gasteiger charge is -2.25. The van der Waals surface area contributed by atoms with E-state index in [1.54, 1.807) is 7.11 Å². The van der Waals surface area contributed by atoms with Crippen LogP contribution in [0, 0.1) is 0 Å². The second-order valence-corrected chi connectivity index (χ2v) is 5.62. The first-order chi connectivity index (χ1) is 8.44. The molecule has 0 saturated carbocycles. The molecule has 0 spiro atoms. The summed E-state index contributed by atoms with van der Waals surface area (Å²) in [4.78, 5) is 0. The molecule has 0 bridgehead atoms. The Kier molecular flexibility index (Phi) is 3.69. The van der Waals surface area contributed by atoms with E-state index < -0.39 is 0 Å². The van der Waals surface area contributed by atoms with Gasteiger partial charge in [0.05, 0.1) is 18.8 Å². The van der Waals surface area contributed by atoms with Gasteiger partial charge in [-0.2, -0.15) is 0 Å². The van der Waals surface area contributed by atoms with Crippen molar-refractivity contribution in [2.45, 2.75) is 45.2 Å². The van der Waals surface area contributed by atoms with Crippen LogP contribution in [0.4, 0.5) is 0 Å². The van der Waals surface area contributed by atoms with Crippen LogP contribution in [0.25, 0.3) is 0 Å². The zero-order valence-electron chi connectivity index (χ0n) is 11.8. The molecule has 1 fully saturated rings. The Morgan fingerprint density at radius 2 is 1.83 bits per heavy atom. The Bertz CT molecular complexity index is 400. The third-order valence-corrected chi connectivity index (χ3v) is 3.28. The molecule has 1 heterocycles. The molecule has 0 N–H and O–H groups in total. The van der Waals surface area contributed by atoms with Gasteiger partial charge in [-0.1, -0.05) is 26.0 Å². The number of rotatable bonds is 3. The minimum atomic E-state index is -0.302. The van der Waals surface area contributed by atoms with Crippen LogP contribution in [-0.4, -0.2) is 19.8 Å². The molecule has 0 aromatic heterocycles. The Morgan fingerprint density at radius 3 is 2.28 bits per heavy atom. The quantitative estimate of drug-likeness (QED) is 0.766. The zero-order chi connectivity index (χ0) is 13.3. The Balaban J connectivity index is 2.21. The average molecular weight is 248 g/mol. The monoisotopic (exact) mass is 248 g/mol. The molecule has 1 aromatic rings. The van der Waals surface area contributed by atoms with Crippen molar-refractivity contribution in [3.63, 3.8) is 0 Å². The van der Waals surface area contributed by atoms with Gasteiger partial charge in [0.15, 0.2) is 0 Å². The predicted molar refractivity (Wildman–Crippen MR) is 72.8 cm³/mol. The molecule has 1 aromatic carbocycles. The fraction of sp³-hybridized carbons (Fsp3) is 0.571. The van der Waals surface area contributed by atoms with Gasteiger partial charge in [-0.3, -0.25) is 0 Å². The molecule has 0 aliphatic carbocycles. The van der Waals surface area contributed by atoms with Crippen molar-refractivity contribution >= 4 is 7.12 Å². The minimum absolute atomic E-state index is 0.0317. The minimum Gasteiger partial charge on any atom is -0.497 e. The van der Waals surface area contributed by atoms with E-state index in [1.165, 1.54) is 0 Å². The van der Waals surface area contributed by atoms with Gasteiger partial charge in [0.1, 0.15) is 5.75 Å². The summed E-state index contributed by atoms with van der Waals surface area (Å²) in [5.41, 5.74) is 0.827. The van der Waals surface area contributed by atoms with Gasteiger partial charge in [0.25, 0.3) is 0 Å². The molecular formula is C14H21BO3. The number of methoxy groups -OCH3 is 1. The van der Waals surface area contributed by atoms with Crippen LogP contribution in [0.5, 0.6) is 5.75 Å². The van der Waals surface area contributed by atoms with Crippen molar-refractivity contribution in [3.05, 3.63) is 29.8 Å². The molecule has 0 radical (unpaired) electrons. The third kappa shape index (κ3) is 2.55. The first-order valence-corrected chi connectivity index (χ1v) is 6.41. The standard InChI is InChI=1S/C14H21BO3/c1-10(2)15-17-13(14(3,4)18-15)11-6-8-12(16-5)9-7-11/h6-10,13H,1-5H3. The van der Waals surface area contributed by atoms with Crippen LogP contribution in [0.3, 0.4) is 0 Å². The lowest BCUT2D eigenvalue weighted by atomic mass is 9.75. The summed E-state index contributed by atoms with van der Waals surface area (Å²) in [6.07, 6.45) is -0.0317. The average Bonchev–Trinajstić information content (AvgIpc) is 2.65. The molecule has 1 saturated heterocycles. The van der Waals surface area contributed by atoms with Gasteiger partial charge in [0, 0.05) is 0 Å². The fourth-order valence-electron chi connectivity index (χ4n) is 2.24. The first kappa shape index (κ1) is 13.4. The van der Waals surface area contributed by atoms with Gasteiger partial charge in [0.2, 0.25) is 0 Å². The molecule has 2 rings (SSSR count). The van der Waals surface area contributed by atoms with E-state index in [-0.39, 0.29) is 18.8 Å². The van der Waals surface area contributed by atoms with E-state index in [2.05, 4.69) is 27.7 Å². The molecule has 98 valence electrons. The van der Waals surface area contributed by atoms with E-state index >= 15 is 0 Å². The highest BCUT2D eigenvalue weighted by atomic mass is 16.7. The van der Waals surface area contributed by atoms with Crippen molar-refractivity contribution in [2.75, 3.05) is 7.11 Å². The summed E-state index contributed by atoms with van der Waals surface area (Å²) >= 11 is 0. The van der Waals surface area contributed by atoms with Crippen LogP contribution in [0.15, 0.2) is 24.3 Å². The summed E-state index contributed by atoms with van der Waals surface area (Å²) < 4.78 is 17.2. The summed E-state index contributed by atoms with van der Waals surface area (Å²) in [5.74, 6) is 1.21. The van der Waals surface area contributed by atoms with Gasteiger partial charge in [-0.05, 0) is 37.4 Å². The first-order valence-electron chi connectivity index (χ1n) is 6.41. The van der Waals surface area contributed by atoms with Gasteiger partial charge in [-0.25, -0.2) is 0 Å². The summed E-state index contributed by atoms with van der Waals surface area (Å²) in [6, 6.07) is 7.99. The van der Waals surface area contributed by atoms with Crippen molar-refractivity contribution in [3.8, 4) is 5.75 Å². The molecule has 4 heteroatoms. The molecule has 0 amide bonds. The Labute approximate surface area is 110 Å². The molecule has 1 aliphatic rings. The van der Waals surface area contributed by atoms with Gasteiger partial charge < -0.3 is 14.0 Å². The Morgan fingerprint density at radius 1 is 1.22 bits per heavy atom. The SMILES string of the molecule is COc1ccc(C2OB(C(C)C)OC2(C)C)cc1. The third-order valence-electron chi connectivity index (χ3n) is 3.28. The molecule has 18 heavy (non-hydrogen) atoms. The smallest absolute Gasteiger partial charge is 0.460 e. The molecule has 1 aliphatic heterocycles. The number of ether oxygens (including phenoxy) is 1. The number of hydrogen-bond acceptors (Lipinski definition) is 3. The fourth-order valence-corrected chi connectivity index (χ4v) is 2.24. The molecule has 1 atom stereocenters. The molecular weight excluding hydrogens is 227 g/mol. The van der Waals surface area contributed by atoms with Crippen LogP contribution in [-0.2, 0) is 9.31 Å². The van der Waals surface area contributed by atoms with Crippen molar-refractivity contribution in [1.82, 2.24) is 0 Å². The van der Waals surface area contributed by atoms with Crippen LogP contribution in [0.1, 0.15) is 39.4 Å². The summed E-state index contributed by atoms with van der Waals surface area (Å²) in [6.45, 7) is 8.36. The van der Waals surface area contributed by atoms with Crippen molar-refractivity contribution < 1.29 is 14.0 Å². The highest BCUT2D eigenvalue weighted by Crippen LogP contribution is 2.42. The molecule has 3 nitrogen and oxygen atoms in total. The van der Waals surface area contributed by atoms with E-state index in [0.29, 0.717) is 5.82 Å². The number of benzene rings is 1. The molecule has 1 unspecified atom stereocenters. The highest BCUT2D eigenvalue weighted by molar-refractivity contribution is 6.47. The van der Waals surface area contributed by atoms with Crippen LogP contribution >= 0.6 is 0 Å². The lowest BCUT2D eigenvalue weighted by molar-refractivity contribution is 0.0724. The van der Waals surface area contributed by atoms with E-state index in [4.69, 9.17) is 14.0 Å². The second-order valence-electron chi connectivity index (χ2n) is 5.62. The highest BCUT2D eigenvalue weighted by Gasteiger charge is 2.47. The Hall–Kier alpha value is -0.995. The topological polar surface area (TPSA) is 27.7 Å². The normalized spacial score (nSPS) is 22.6. The predicted octanol–water partition coefficient (Wildman–Crippen LogP) is 3.46. The van der Waals surface area contributed by atoms with Crippen LogP contribution < -0.4 is 4.74 Å². The number of hydrogen-bond donors (Lipinski definition) is 0. The van der Waals surface area contributed by atoms with Crippen LogP contribution in [0.2, 0.25) is 5.82 Å². The van der Waals surface area contributed by atoms with E-state index in [1.807, 2.05) is 24.3 Å². The van der Waals surface area contributed by atoms with E-state index in [9.17, 15) is 0 Å². The van der Waals surface area contributed by atoms with Crippen molar-refractivity contribution in [2.24, 2.45) is 0 Å². The maximum Gasteiger partial charge on any atom is 0.460 e. The van der Waals surface area contributed by atoms with E-state index in [0.717, 1.165) is 11.3 Å². The lowest BCUT2D eigenvalue weighted by Crippen LogP contribution is -2.27. The summed E-state index contributed by atoms with van der Waals surface area (Å²) in [5, 5.41) is 0. The zero-order valence-corrected chi connectivity index (χ0v) is 11.8. The maximum atomic E-state index is 6.03. The van der Waals surface area contributed by atoms with Crippen molar-refractivity contribution in [1.29, 1.82) is 0 Å². The van der Waals surface area contributed by atoms with Gasteiger partial charge in [-0.15, -0.1) is 0 Å².